The molecule has 2 aromatic rings. The minimum atomic E-state index is 0.315. The fraction of sp³-hybridized carbons (Fsp3) is 0. The highest BCUT2D eigenvalue weighted by Gasteiger charge is 1.99. The Labute approximate surface area is 72.0 Å². The fourth-order valence-corrected chi connectivity index (χ4v) is 1.14. The van der Waals surface area contributed by atoms with Crippen LogP contribution in [-0.2, 0) is 0 Å². The summed E-state index contributed by atoms with van der Waals surface area (Å²) in [5, 5.41) is 0.398. The standard InChI is InChI=1S/C6H3ClN2OS/c7-4-2-1-3-5(9-4)10-6(11)8-3/h1-2H,(H,8,11). The van der Waals surface area contributed by atoms with Gasteiger partial charge in [-0.2, -0.15) is 4.98 Å². The van der Waals surface area contributed by atoms with Crippen LogP contribution in [0.4, 0.5) is 0 Å². The molecule has 0 radical (unpaired) electrons. The molecule has 11 heavy (non-hydrogen) atoms. The first-order valence-electron chi connectivity index (χ1n) is 2.91. The van der Waals surface area contributed by atoms with E-state index in [1.807, 2.05) is 0 Å². The van der Waals surface area contributed by atoms with Crippen LogP contribution < -0.4 is 0 Å². The van der Waals surface area contributed by atoms with Gasteiger partial charge in [0.25, 0.3) is 4.84 Å². The maximum atomic E-state index is 5.61. The topological polar surface area (TPSA) is 41.8 Å². The van der Waals surface area contributed by atoms with Gasteiger partial charge in [-0.3, -0.25) is 0 Å². The fourth-order valence-electron chi connectivity index (χ4n) is 0.814. The van der Waals surface area contributed by atoms with E-state index in [4.69, 9.17) is 28.2 Å². The number of rotatable bonds is 0. The zero-order valence-corrected chi connectivity index (χ0v) is 6.87. The monoisotopic (exact) mass is 186 g/mol. The third-order valence-electron chi connectivity index (χ3n) is 1.25. The average molecular weight is 187 g/mol. The molecule has 0 aromatic carbocycles. The summed E-state index contributed by atoms with van der Waals surface area (Å²) in [5.41, 5.74) is 1.21. The van der Waals surface area contributed by atoms with Gasteiger partial charge in [0.2, 0.25) is 5.71 Å². The molecule has 3 nitrogen and oxygen atoms in total. The van der Waals surface area contributed by atoms with Crippen molar-refractivity contribution in [1.82, 2.24) is 9.97 Å². The summed E-state index contributed by atoms with van der Waals surface area (Å²) in [6.07, 6.45) is 0. The van der Waals surface area contributed by atoms with Crippen LogP contribution in [0.15, 0.2) is 16.5 Å². The summed E-state index contributed by atoms with van der Waals surface area (Å²) < 4.78 is 5.01. The van der Waals surface area contributed by atoms with Crippen LogP contribution in [0, 0.1) is 4.84 Å². The number of aromatic nitrogens is 2. The molecule has 0 aliphatic rings. The van der Waals surface area contributed by atoms with Crippen molar-refractivity contribution in [3.8, 4) is 0 Å². The first-order chi connectivity index (χ1) is 5.25. The van der Waals surface area contributed by atoms with Crippen molar-refractivity contribution < 1.29 is 4.42 Å². The van der Waals surface area contributed by atoms with Crippen molar-refractivity contribution in [3.05, 3.63) is 22.1 Å². The van der Waals surface area contributed by atoms with E-state index in [1.165, 1.54) is 0 Å². The third-order valence-corrected chi connectivity index (χ3v) is 1.65. The molecule has 0 saturated heterocycles. The van der Waals surface area contributed by atoms with Gasteiger partial charge < -0.3 is 9.40 Å². The van der Waals surface area contributed by atoms with E-state index in [0.717, 1.165) is 5.52 Å². The summed E-state index contributed by atoms with van der Waals surface area (Å²) in [6.45, 7) is 0. The minimum Gasteiger partial charge on any atom is -0.410 e. The lowest BCUT2D eigenvalue weighted by Crippen LogP contribution is -1.73. The van der Waals surface area contributed by atoms with E-state index >= 15 is 0 Å². The van der Waals surface area contributed by atoms with Gasteiger partial charge in [-0.05, 0) is 24.4 Å². The number of aromatic amines is 1. The molecule has 0 aliphatic carbocycles. The Balaban J connectivity index is 2.92. The quantitative estimate of drug-likeness (QED) is 0.508. The molecule has 0 saturated carbocycles. The van der Waals surface area contributed by atoms with Crippen LogP contribution in [0.2, 0.25) is 5.15 Å². The molecule has 2 rings (SSSR count). The number of halogens is 1. The highest BCUT2D eigenvalue weighted by Crippen LogP contribution is 2.13. The second kappa shape index (κ2) is 2.32. The summed E-state index contributed by atoms with van der Waals surface area (Å²) >= 11 is 10.4. The van der Waals surface area contributed by atoms with Crippen LogP contribution in [0.3, 0.4) is 0 Å². The van der Waals surface area contributed by atoms with Crippen molar-refractivity contribution >= 4 is 35.0 Å². The highest BCUT2D eigenvalue weighted by atomic mass is 35.5. The van der Waals surface area contributed by atoms with E-state index in [9.17, 15) is 0 Å². The molecule has 5 heteroatoms. The largest absolute Gasteiger partial charge is 0.410 e. The molecule has 0 aliphatic heterocycles. The molecule has 56 valence electrons. The zero-order valence-electron chi connectivity index (χ0n) is 5.30. The molecule has 2 heterocycles. The second-order valence-corrected chi connectivity index (χ2v) is 2.76. The van der Waals surface area contributed by atoms with Gasteiger partial charge in [0.15, 0.2) is 0 Å². The third kappa shape index (κ3) is 1.15. The zero-order chi connectivity index (χ0) is 7.84. The van der Waals surface area contributed by atoms with Crippen LogP contribution in [0.1, 0.15) is 0 Å². The summed E-state index contributed by atoms with van der Waals surface area (Å²) in [5.74, 6) is 0. The number of nitrogens with one attached hydrogen (secondary N) is 1. The second-order valence-electron chi connectivity index (χ2n) is 2.00. The van der Waals surface area contributed by atoms with Gasteiger partial charge in [-0.25, -0.2) is 0 Å². The molecule has 0 atom stereocenters. The molecule has 2 aromatic heterocycles. The Morgan fingerprint density at radius 2 is 2.36 bits per heavy atom. The molecule has 0 unspecified atom stereocenters. The Bertz CT molecular complexity index is 447. The van der Waals surface area contributed by atoms with E-state index in [-0.39, 0.29) is 0 Å². The van der Waals surface area contributed by atoms with Gasteiger partial charge in [0, 0.05) is 0 Å². The lowest BCUT2D eigenvalue weighted by atomic mass is 10.4. The number of hydrogen-bond donors (Lipinski definition) is 1. The normalized spacial score (nSPS) is 10.6. The van der Waals surface area contributed by atoms with Gasteiger partial charge in [0.1, 0.15) is 10.7 Å². The lowest BCUT2D eigenvalue weighted by molar-refractivity contribution is 0.572. The number of hydrogen-bond acceptors (Lipinski definition) is 3. The number of pyridine rings is 1. The van der Waals surface area contributed by atoms with Crippen molar-refractivity contribution in [1.29, 1.82) is 0 Å². The summed E-state index contributed by atoms with van der Waals surface area (Å²) in [6, 6.07) is 3.44. The maximum absolute atomic E-state index is 5.61. The van der Waals surface area contributed by atoms with Crippen molar-refractivity contribution in [2.24, 2.45) is 0 Å². The number of fused-ring (bicyclic) bond motifs is 1. The first kappa shape index (κ1) is 6.82. The summed E-state index contributed by atoms with van der Waals surface area (Å²) in [4.78, 5) is 7.02. The van der Waals surface area contributed by atoms with Gasteiger partial charge in [-0.15, -0.1) is 0 Å². The predicted molar refractivity (Wildman–Crippen MR) is 44.2 cm³/mol. The SMILES string of the molecule is S=c1[nH]c2ccc(Cl)nc2o1. The van der Waals surface area contributed by atoms with Crippen molar-refractivity contribution in [3.63, 3.8) is 0 Å². The molecular weight excluding hydrogens is 184 g/mol. The minimum absolute atomic E-state index is 0.315. The molecule has 1 N–H and O–H groups in total. The van der Waals surface area contributed by atoms with Crippen LogP contribution in [0.25, 0.3) is 11.2 Å². The smallest absolute Gasteiger partial charge is 0.268 e. The lowest BCUT2D eigenvalue weighted by Gasteiger charge is -1.85. The van der Waals surface area contributed by atoms with Gasteiger partial charge >= 0.3 is 0 Å². The maximum Gasteiger partial charge on any atom is 0.268 e. The van der Waals surface area contributed by atoms with E-state index in [2.05, 4.69) is 9.97 Å². The van der Waals surface area contributed by atoms with Gasteiger partial charge in [-0.1, -0.05) is 11.6 Å². The molecule has 0 bridgehead atoms. The Morgan fingerprint density at radius 3 is 3.18 bits per heavy atom. The van der Waals surface area contributed by atoms with E-state index in [1.54, 1.807) is 12.1 Å². The van der Waals surface area contributed by atoms with Crippen molar-refractivity contribution in [2.75, 3.05) is 0 Å². The Kier molecular flexibility index (Phi) is 1.44. The van der Waals surface area contributed by atoms with Crippen LogP contribution >= 0.6 is 23.8 Å². The van der Waals surface area contributed by atoms with E-state index < -0.39 is 0 Å². The number of oxazole rings is 1. The van der Waals surface area contributed by atoms with Crippen molar-refractivity contribution in [2.45, 2.75) is 0 Å². The number of H-pyrrole nitrogens is 1. The van der Waals surface area contributed by atoms with Gasteiger partial charge in [0.05, 0.1) is 0 Å². The average Bonchev–Trinajstić information content (AvgIpc) is 2.27. The van der Waals surface area contributed by atoms with Crippen LogP contribution in [-0.4, -0.2) is 9.97 Å². The molecule has 0 fully saturated rings. The molecule has 0 amide bonds. The Morgan fingerprint density at radius 1 is 1.55 bits per heavy atom. The predicted octanol–water partition coefficient (Wildman–Crippen LogP) is 2.54. The van der Waals surface area contributed by atoms with E-state index in [0.29, 0.717) is 15.7 Å². The number of nitrogens with zero attached hydrogens (tertiary/aromatic N) is 1. The summed E-state index contributed by atoms with van der Waals surface area (Å²) in [7, 11) is 0. The Hall–Kier alpha value is -0.870. The molecule has 0 spiro atoms. The molecular formula is C6H3ClN2OS. The first-order valence-corrected chi connectivity index (χ1v) is 3.70. The van der Waals surface area contributed by atoms with Crippen LogP contribution in [0.5, 0.6) is 0 Å². The highest BCUT2D eigenvalue weighted by molar-refractivity contribution is 7.71.